The highest BCUT2D eigenvalue weighted by Gasteiger charge is 2.23. The lowest BCUT2D eigenvalue weighted by Gasteiger charge is -2.25. The highest BCUT2D eigenvalue weighted by Crippen LogP contribution is 2.34. The van der Waals surface area contributed by atoms with Gasteiger partial charge in [-0.3, -0.25) is 10.1 Å². The lowest BCUT2D eigenvalue weighted by molar-refractivity contribution is -0.127. The second-order valence-electron chi connectivity index (χ2n) is 6.79. The van der Waals surface area contributed by atoms with Crippen LogP contribution in [0.1, 0.15) is 52.0 Å². The van der Waals surface area contributed by atoms with E-state index in [1.54, 1.807) is 6.92 Å². The van der Waals surface area contributed by atoms with Crippen molar-refractivity contribution in [3.05, 3.63) is 24.3 Å². The van der Waals surface area contributed by atoms with Crippen molar-refractivity contribution < 1.29 is 14.3 Å². The van der Waals surface area contributed by atoms with Gasteiger partial charge in [-0.2, -0.15) is 0 Å². The molecule has 142 valence electrons. The molecular formula is C20H29N3O3. The van der Waals surface area contributed by atoms with Gasteiger partial charge in [0.1, 0.15) is 6.10 Å². The van der Waals surface area contributed by atoms with Crippen LogP contribution in [0.25, 0.3) is 11.0 Å². The number of nitrogens with zero attached hydrogens (tertiary/aromatic N) is 2. The molecule has 1 saturated carbocycles. The number of nitrogens with one attached hydrogen (secondary N) is 1. The number of ether oxygens (including phenoxy) is 2. The van der Waals surface area contributed by atoms with Crippen LogP contribution >= 0.6 is 0 Å². The first kappa shape index (κ1) is 18.9. The van der Waals surface area contributed by atoms with E-state index in [0.29, 0.717) is 31.8 Å². The first-order chi connectivity index (χ1) is 12.7. The maximum absolute atomic E-state index is 12.6. The summed E-state index contributed by atoms with van der Waals surface area (Å²) in [5.41, 5.74) is 2.00. The third kappa shape index (κ3) is 4.43. The summed E-state index contributed by atoms with van der Waals surface area (Å²) < 4.78 is 13.0. The van der Waals surface area contributed by atoms with E-state index in [0.717, 1.165) is 23.9 Å². The molecule has 0 spiro atoms. The van der Waals surface area contributed by atoms with Gasteiger partial charge in [-0.15, -0.1) is 0 Å². The number of amides is 1. The summed E-state index contributed by atoms with van der Waals surface area (Å²) in [6.07, 6.45) is 5.45. The number of fused-ring (bicyclic) bond motifs is 1. The molecule has 1 aliphatic rings. The molecular weight excluding hydrogens is 330 g/mol. The Morgan fingerprint density at radius 2 is 2.04 bits per heavy atom. The van der Waals surface area contributed by atoms with Crippen LogP contribution in [0.15, 0.2) is 24.3 Å². The monoisotopic (exact) mass is 359 g/mol. The lowest BCUT2D eigenvalue weighted by atomic mass is 9.95. The number of carbonyl (C=O) groups is 1. The van der Waals surface area contributed by atoms with Crippen molar-refractivity contribution in [3.8, 4) is 0 Å². The maximum atomic E-state index is 12.6. The fourth-order valence-corrected chi connectivity index (χ4v) is 3.56. The van der Waals surface area contributed by atoms with E-state index in [1.165, 1.54) is 19.3 Å². The van der Waals surface area contributed by atoms with Crippen molar-refractivity contribution in [1.82, 2.24) is 9.55 Å². The molecule has 0 aliphatic heterocycles. The number of imidazole rings is 1. The third-order valence-electron chi connectivity index (χ3n) is 4.94. The van der Waals surface area contributed by atoms with Gasteiger partial charge in [-0.05, 0) is 38.8 Å². The van der Waals surface area contributed by atoms with Crippen molar-refractivity contribution in [2.24, 2.45) is 0 Å². The van der Waals surface area contributed by atoms with Gasteiger partial charge < -0.3 is 14.0 Å². The van der Waals surface area contributed by atoms with Gasteiger partial charge >= 0.3 is 0 Å². The second-order valence-corrected chi connectivity index (χ2v) is 6.79. The van der Waals surface area contributed by atoms with Crippen LogP contribution in [0.3, 0.4) is 0 Å². The molecule has 1 aromatic carbocycles. The summed E-state index contributed by atoms with van der Waals surface area (Å²) in [6, 6.07) is 8.46. The minimum Gasteiger partial charge on any atom is -0.379 e. The zero-order valence-electron chi connectivity index (χ0n) is 15.7. The fraction of sp³-hybridized carbons (Fsp3) is 0.600. The zero-order valence-corrected chi connectivity index (χ0v) is 15.7. The molecule has 0 unspecified atom stereocenters. The Balaban J connectivity index is 1.75. The summed E-state index contributed by atoms with van der Waals surface area (Å²) in [5, 5.41) is 2.99. The molecule has 0 saturated heterocycles. The Kier molecular flexibility index (Phi) is 6.63. The van der Waals surface area contributed by atoms with E-state index >= 15 is 0 Å². The van der Waals surface area contributed by atoms with Gasteiger partial charge in [-0.25, -0.2) is 4.98 Å². The van der Waals surface area contributed by atoms with Gasteiger partial charge in [0, 0.05) is 12.6 Å². The van der Waals surface area contributed by atoms with Crippen LogP contribution < -0.4 is 5.32 Å². The van der Waals surface area contributed by atoms with Crippen LogP contribution in [0, 0.1) is 0 Å². The van der Waals surface area contributed by atoms with Crippen LogP contribution in [-0.4, -0.2) is 41.4 Å². The Morgan fingerprint density at radius 1 is 1.27 bits per heavy atom. The van der Waals surface area contributed by atoms with Crippen LogP contribution in [0.2, 0.25) is 0 Å². The Labute approximate surface area is 154 Å². The molecule has 2 aromatic rings. The third-order valence-corrected chi connectivity index (χ3v) is 4.94. The second kappa shape index (κ2) is 9.14. The van der Waals surface area contributed by atoms with Gasteiger partial charge in [0.25, 0.3) is 5.91 Å². The number of rotatable bonds is 8. The molecule has 26 heavy (non-hydrogen) atoms. The summed E-state index contributed by atoms with van der Waals surface area (Å²) in [7, 11) is 0. The van der Waals surface area contributed by atoms with Crippen molar-refractivity contribution in [2.75, 3.05) is 25.1 Å². The average molecular weight is 359 g/mol. The number of hydrogen-bond donors (Lipinski definition) is 1. The van der Waals surface area contributed by atoms with Gasteiger partial charge in [0.2, 0.25) is 5.95 Å². The van der Waals surface area contributed by atoms with Crippen LogP contribution in [-0.2, 0) is 14.3 Å². The van der Waals surface area contributed by atoms with Gasteiger partial charge in [0.15, 0.2) is 0 Å². The highest BCUT2D eigenvalue weighted by atomic mass is 16.5. The molecule has 6 nitrogen and oxygen atoms in total. The predicted molar refractivity (Wildman–Crippen MR) is 102 cm³/mol. The Bertz CT molecular complexity index is 722. The summed E-state index contributed by atoms with van der Waals surface area (Å²) in [6.45, 7) is 5.24. The topological polar surface area (TPSA) is 65.4 Å². The fourth-order valence-electron chi connectivity index (χ4n) is 3.56. The summed E-state index contributed by atoms with van der Waals surface area (Å²) in [5.74, 6) is 0.456. The zero-order chi connectivity index (χ0) is 18.4. The Morgan fingerprint density at radius 3 is 2.81 bits per heavy atom. The smallest absolute Gasteiger partial charge is 0.255 e. The first-order valence-corrected chi connectivity index (χ1v) is 9.68. The van der Waals surface area contributed by atoms with E-state index in [-0.39, 0.29) is 5.91 Å². The summed E-state index contributed by atoms with van der Waals surface area (Å²) >= 11 is 0. The molecule has 0 bridgehead atoms. The van der Waals surface area contributed by atoms with E-state index in [1.807, 2.05) is 25.1 Å². The van der Waals surface area contributed by atoms with Gasteiger partial charge in [-0.1, -0.05) is 31.4 Å². The van der Waals surface area contributed by atoms with Crippen molar-refractivity contribution in [1.29, 1.82) is 0 Å². The quantitative estimate of drug-likeness (QED) is 0.726. The molecule has 1 amide bonds. The average Bonchev–Trinajstić information content (AvgIpc) is 3.03. The number of benzene rings is 1. The van der Waals surface area contributed by atoms with Crippen molar-refractivity contribution in [2.45, 2.75) is 58.1 Å². The molecule has 0 radical (unpaired) electrons. The number of para-hydroxylation sites is 2. The molecule has 1 heterocycles. The predicted octanol–water partition coefficient (Wildman–Crippen LogP) is 3.92. The van der Waals surface area contributed by atoms with Crippen LogP contribution in [0.4, 0.5) is 5.95 Å². The Hall–Kier alpha value is -1.92. The van der Waals surface area contributed by atoms with Crippen LogP contribution in [0.5, 0.6) is 0 Å². The number of anilines is 1. The highest BCUT2D eigenvalue weighted by molar-refractivity contribution is 5.94. The molecule has 1 aromatic heterocycles. The van der Waals surface area contributed by atoms with E-state index in [4.69, 9.17) is 9.47 Å². The van der Waals surface area contributed by atoms with Crippen molar-refractivity contribution in [3.63, 3.8) is 0 Å². The SMILES string of the molecule is CCOCCO[C@H](C)C(=O)Nc1nc2ccccc2n1C1CCCCC1. The largest absolute Gasteiger partial charge is 0.379 e. The summed E-state index contributed by atoms with van der Waals surface area (Å²) in [4.78, 5) is 17.2. The maximum Gasteiger partial charge on any atom is 0.255 e. The van der Waals surface area contributed by atoms with E-state index in [9.17, 15) is 4.79 Å². The number of aromatic nitrogens is 2. The standard InChI is InChI=1S/C20H29N3O3/c1-3-25-13-14-26-15(2)19(24)22-20-21-17-11-7-8-12-18(17)23(20)16-9-5-4-6-10-16/h7-8,11-12,15-16H,3-6,9-10,13-14H2,1-2H3,(H,21,22,24)/t15-/m1/s1. The van der Waals surface area contributed by atoms with Crippen molar-refractivity contribution >= 4 is 22.9 Å². The van der Waals surface area contributed by atoms with Gasteiger partial charge in [0.05, 0.1) is 24.2 Å². The molecule has 1 aliphatic carbocycles. The normalized spacial score (nSPS) is 16.7. The minimum absolute atomic E-state index is 0.172. The molecule has 1 N–H and O–H groups in total. The first-order valence-electron chi connectivity index (χ1n) is 9.68. The minimum atomic E-state index is -0.546. The van der Waals surface area contributed by atoms with E-state index < -0.39 is 6.10 Å². The van der Waals surface area contributed by atoms with E-state index in [2.05, 4.69) is 20.9 Å². The molecule has 1 atom stereocenters. The molecule has 1 fully saturated rings. The number of hydrogen-bond acceptors (Lipinski definition) is 4. The molecule has 3 rings (SSSR count). The molecule has 6 heteroatoms. The number of carbonyl (C=O) groups excluding carboxylic acids is 1. The lowest BCUT2D eigenvalue weighted by Crippen LogP contribution is -2.30.